The van der Waals surface area contributed by atoms with Crippen LogP contribution in [-0.2, 0) is 15.2 Å². The second-order valence-electron chi connectivity index (χ2n) is 6.69. The molecular formula is C20H16Cl2INO3. The number of hydrogen-bond acceptors (Lipinski definition) is 4. The highest BCUT2D eigenvalue weighted by molar-refractivity contribution is 14.1. The highest BCUT2D eigenvalue weighted by Gasteiger charge is 2.37. The summed E-state index contributed by atoms with van der Waals surface area (Å²) in [6.07, 6.45) is 0.452. The average molecular weight is 516 g/mol. The van der Waals surface area contributed by atoms with Crippen LogP contribution in [0, 0.1) is 3.57 Å². The Bertz CT molecular complexity index is 953. The van der Waals surface area contributed by atoms with Crippen molar-refractivity contribution in [2.24, 2.45) is 5.16 Å². The van der Waals surface area contributed by atoms with Crippen molar-refractivity contribution >= 4 is 63.1 Å². The van der Waals surface area contributed by atoms with E-state index in [1.54, 1.807) is 12.1 Å². The second-order valence-corrected chi connectivity index (χ2v) is 8.73. The van der Waals surface area contributed by atoms with Crippen LogP contribution in [0.2, 0.25) is 10.0 Å². The second kappa shape index (κ2) is 7.89. The lowest BCUT2D eigenvalue weighted by molar-refractivity contribution is -0.116. The lowest BCUT2D eigenvalue weighted by atomic mass is 9.89. The molecule has 0 amide bonds. The summed E-state index contributed by atoms with van der Waals surface area (Å²) in [7, 11) is 0. The van der Waals surface area contributed by atoms with Gasteiger partial charge in [0.15, 0.2) is 11.4 Å². The molecule has 1 atom stereocenters. The van der Waals surface area contributed by atoms with Gasteiger partial charge in [-0.3, -0.25) is 9.59 Å². The van der Waals surface area contributed by atoms with Gasteiger partial charge >= 0.3 is 0 Å². The normalized spacial score (nSPS) is 18.8. The van der Waals surface area contributed by atoms with Gasteiger partial charge in [0.05, 0.1) is 12.1 Å². The summed E-state index contributed by atoms with van der Waals surface area (Å²) >= 11 is 14.3. The Balaban J connectivity index is 1.83. The van der Waals surface area contributed by atoms with E-state index in [1.807, 2.05) is 31.2 Å². The zero-order chi connectivity index (χ0) is 19.8. The minimum Gasteiger partial charge on any atom is -0.384 e. The van der Waals surface area contributed by atoms with Crippen LogP contribution in [0.3, 0.4) is 0 Å². The fraction of sp³-hybridized carbons (Fsp3) is 0.250. The Morgan fingerprint density at radius 2 is 1.85 bits per heavy atom. The molecule has 2 aromatic rings. The Hall–Kier alpha value is -1.44. The zero-order valence-electron chi connectivity index (χ0n) is 14.7. The van der Waals surface area contributed by atoms with Crippen molar-refractivity contribution in [2.45, 2.75) is 32.3 Å². The van der Waals surface area contributed by atoms with E-state index in [1.165, 1.54) is 6.92 Å². The quantitative estimate of drug-likeness (QED) is 0.287. The molecule has 3 rings (SSSR count). The van der Waals surface area contributed by atoms with Crippen molar-refractivity contribution in [3.8, 4) is 0 Å². The molecule has 7 heteroatoms. The maximum atomic E-state index is 12.2. The SMILES string of the molecule is CC(=O)CC(=O)c1ccc(C2=NOC(C)(c3cc(Cl)cc(Cl)c3)C2)cc1I. The minimum absolute atomic E-state index is 0.0903. The molecule has 0 aromatic heterocycles. The number of oxime groups is 1. The first-order valence-corrected chi connectivity index (χ1v) is 10.1. The number of hydrogen-bond donors (Lipinski definition) is 0. The highest BCUT2D eigenvalue weighted by atomic mass is 127. The predicted molar refractivity (Wildman–Crippen MR) is 115 cm³/mol. The van der Waals surface area contributed by atoms with Gasteiger partial charge in [-0.25, -0.2) is 0 Å². The van der Waals surface area contributed by atoms with Crippen LogP contribution >= 0.6 is 45.8 Å². The first kappa shape index (κ1) is 20.3. The fourth-order valence-electron chi connectivity index (χ4n) is 2.95. The molecule has 140 valence electrons. The van der Waals surface area contributed by atoms with Crippen LogP contribution in [0.5, 0.6) is 0 Å². The molecule has 0 aliphatic carbocycles. The molecule has 1 unspecified atom stereocenters. The molecule has 0 bridgehead atoms. The van der Waals surface area contributed by atoms with Crippen LogP contribution in [0.1, 0.15) is 48.2 Å². The molecule has 0 N–H and O–H groups in total. The number of carbonyl (C=O) groups is 2. The van der Waals surface area contributed by atoms with E-state index in [-0.39, 0.29) is 18.0 Å². The number of benzene rings is 2. The van der Waals surface area contributed by atoms with Gasteiger partial charge in [-0.2, -0.15) is 0 Å². The van der Waals surface area contributed by atoms with Crippen molar-refractivity contribution in [2.75, 3.05) is 0 Å². The number of halogens is 3. The Labute approximate surface area is 181 Å². The smallest absolute Gasteiger partial charge is 0.171 e. The molecule has 0 fully saturated rings. The van der Waals surface area contributed by atoms with Crippen molar-refractivity contribution in [3.05, 3.63) is 66.7 Å². The van der Waals surface area contributed by atoms with E-state index in [0.29, 0.717) is 22.0 Å². The minimum atomic E-state index is -0.668. The van der Waals surface area contributed by atoms with E-state index in [0.717, 1.165) is 20.4 Å². The van der Waals surface area contributed by atoms with E-state index in [2.05, 4.69) is 27.7 Å². The third-order valence-corrected chi connectivity index (χ3v) is 5.68. The highest BCUT2D eigenvalue weighted by Crippen LogP contribution is 2.38. The molecule has 0 saturated carbocycles. The van der Waals surface area contributed by atoms with Gasteiger partial charge in [0, 0.05) is 36.7 Å². The standard InChI is InChI=1S/C20H16Cl2INO3/c1-11(25)5-19(26)16-4-3-12(6-17(16)23)18-10-20(2,27-24-18)13-7-14(21)9-15(22)8-13/h3-4,6-9H,5,10H2,1-2H3. The number of nitrogens with zero attached hydrogens (tertiary/aromatic N) is 1. The van der Waals surface area contributed by atoms with Gasteiger partial charge in [-0.1, -0.05) is 34.4 Å². The molecule has 27 heavy (non-hydrogen) atoms. The maximum absolute atomic E-state index is 12.2. The number of rotatable bonds is 5. The van der Waals surface area contributed by atoms with Gasteiger partial charge in [0.2, 0.25) is 0 Å². The largest absolute Gasteiger partial charge is 0.384 e. The summed E-state index contributed by atoms with van der Waals surface area (Å²) in [5, 5.41) is 5.33. The van der Waals surface area contributed by atoms with Crippen LogP contribution in [-0.4, -0.2) is 17.3 Å². The average Bonchev–Trinajstić information content (AvgIpc) is 2.97. The fourth-order valence-corrected chi connectivity index (χ4v) is 4.29. The Kier molecular flexibility index (Phi) is 5.93. The van der Waals surface area contributed by atoms with E-state index >= 15 is 0 Å². The van der Waals surface area contributed by atoms with Crippen LogP contribution in [0.25, 0.3) is 0 Å². The summed E-state index contributed by atoms with van der Waals surface area (Å²) < 4.78 is 0.776. The van der Waals surface area contributed by atoms with Gasteiger partial charge in [-0.05, 0) is 66.8 Å². The predicted octanol–water partition coefficient (Wildman–Crippen LogP) is 5.80. The molecule has 0 saturated heterocycles. The van der Waals surface area contributed by atoms with E-state index in [4.69, 9.17) is 28.0 Å². The van der Waals surface area contributed by atoms with Gasteiger partial charge in [-0.15, -0.1) is 0 Å². The van der Waals surface area contributed by atoms with Crippen molar-refractivity contribution in [1.29, 1.82) is 0 Å². The monoisotopic (exact) mass is 515 g/mol. The first-order chi connectivity index (χ1) is 12.7. The number of ketones is 2. The molecule has 0 spiro atoms. The van der Waals surface area contributed by atoms with Gasteiger partial charge < -0.3 is 4.84 Å². The summed E-state index contributed by atoms with van der Waals surface area (Å²) in [5.41, 5.74) is 2.37. The summed E-state index contributed by atoms with van der Waals surface area (Å²) in [5.74, 6) is -0.328. The maximum Gasteiger partial charge on any atom is 0.171 e. The van der Waals surface area contributed by atoms with Crippen LogP contribution in [0.4, 0.5) is 0 Å². The zero-order valence-corrected chi connectivity index (χ0v) is 18.4. The van der Waals surface area contributed by atoms with Gasteiger partial charge in [0.1, 0.15) is 5.78 Å². The lowest BCUT2D eigenvalue weighted by Gasteiger charge is -2.22. The number of carbonyl (C=O) groups excluding carboxylic acids is 2. The molecular weight excluding hydrogens is 500 g/mol. The topological polar surface area (TPSA) is 55.7 Å². The van der Waals surface area contributed by atoms with E-state index < -0.39 is 5.60 Å². The molecule has 1 aliphatic heterocycles. The lowest BCUT2D eigenvalue weighted by Crippen LogP contribution is -2.22. The third kappa shape index (κ3) is 4.52. The van der Waals surface area contributed by atoms with Crippen molar-refractivity contribution in [1.82, 2.24) is 0 Å². The van der Waals surface area contributed by atoms with Crippen molar-refractivity contribution < 1.29 is 14.4 Å². The van der Waals surface area contributed by atoms with Crippen LogP contribution < -0.4 is 0 Å². The third-order valence-electron chi connectivity index (χ3n) is 4.35. The van der Waals surface area contributed by atoms with Crippen LogP contribution in [0.15, 0.2) is 41.6 Å². The molecule has 2 aromatic carbocycles. The van der Waals surface area contributed by atoms with Crippen molar-refractivity contribution in [3.63, 3.8) is 0 Å². The summed E-state index contributed by atoms with van der Waals surface area (Å²) in [4.78, 5) is 29.1. The first-order valence-electron chi connectivity index (χ1n) is 8.22. The molecule has 0 radical (unpaired) electrons. The summed E-state index contributed by atoms with van der Waals surface area (Å²) in [6, 6.07) is 10.8. The van der Waals surface area contributed by atoms with Gasteiger partial charge in [0.25, 0.3) is 0 Å². The summed E-state index contributed by atoms with van der Waals surface area (Å²) in [6.45, 7) is 3.34. The Morgan fingerprint density at radius 3 is 2.44 bits per heavy atom. The number of Topliss-reactive ketones (excluding diaryl/α,β-unsaturated/α-hetero) is 2. The van der Waals surface area contributed by atoms with E-state index in [9.17, 15) is 9.59 Å². The molecule has 1 heterocycles. The molecule has 4 nitrogen and oxygen atoms in total. The Morgan fingerprint density at radius 1 is 1.19 bits per heavy atom. The molecule has 1 aliphatic rings.